The Labute approximate surface area is 77.8 Å². The Morgan fingerprint density at radius 1 is 1.69 bits per heavy atom. The molecule has 0 saturated carbocycles. The molecule has 0 radical (unpaired) electrons. The van der Waals surface area contributed by atoms with Gasteiger partial charge in [-0.3, -0.25) is 9.48 Å². The van der Waals surface area contributed by atoms with E-state index in [1.165, 1.54) is 0 Å². The molecule has 1 aromatic rings. The van der Waals surface area contributed by atoms with Crippen molar-refractivity contribution in [2.75, 3.05) is 0 Å². The van der Waals surface area contributed by atoms with Crippen molar-refractivity contribution in [3.63, 3.8) is 0 Å². The standard InChI is InChI=1S/C10H12N2O/c1-4-5-6-10(13)9-7-8(2)11-12(9)3/h7H,6H2,1-3H3. The summed E-state index contributed by atoms with van der Waals surface area (Å²) in [6.07, 6.45) is 0.273. The van der Waals surface area contributed by atoms with Gasteiger partial charge in [-0.1, -0.05) is 5.92 Å². The van der Waals surface area contributed by atoms with Crippen LogP contribution in [0.2, 0.25) is 0 Å². The summed E-state index contributed by atoms with van der Waals surface area (Å²) in [5.74, 6) is 5.46. The molecule has 0 saturated heterocycles. The lowest BCUT2D eigenvalue weighted by Crippen LogP contribution is -2.05. The summed E-state index contributed by atoms with van der Waals surface area (Å²) in [5.41, 5.74) is 1.48. The summed E-state index contributed by atoms with van der Waals surface area (Å²) in [5, 5.41) is 4.09. The SMILES string of the molecule is CC#CCC(=O)c1cc(C)nn1C. The third-order valence-corrected chi connectivity index (χ3v) is 1.71. The lowest BCUT2D eigenvalue weighted by molar-refractivity contribution is 0.0989. The molecule has 0 unspecified atom stereocenters. The van der Waals surface area contributed by atoms with Crippen LogP contribution in [0.25, 0.3) is 0 Å². The van der Waals surface area contributed by atoms with Crippen molar-refractivity contribution in [2.24, 2.45) is 7.05 Å². The maximum Gasteiger partial charge on any atom is 0.192 e. The topological polar surface area (TPSA) is 34.9 Å². The molecule has 1 aromatic heterocycles. The molecule has 1 rings (SSSR count). The zero-order valence-corrected chi connectivity index (χ0v) is 8.09. The van der Waals surface area contributed by atoms with E-state index in [1.54, 1.807) is 24.7 Å². The zero-order chi connectivity index (χ0) is 9.84. The number of carbonyl (C=O) groups is 1. The number of aryl methyl sites for hydroxylation is 2. The van der Waals surface area contributed by atoms with Gasteiger partial charge in [0.1, 0.15) is 5.69 Å². The van der Waals surface area contributed by atoms with E-state index < -0.39 is 0 Å². The van der Waals surface area contributed by atoms with Crippen molar-refractivity contribution >= 4 is 5.78 Å². The molecule has 68 valence electrons. The van der Waals surface area contributed by atoms with Crippen LogP contribution < -0.4 is 0 Å². The van der Waals surface area contributed by atoms with Gasteiger partial charge in [0.05, 0.1) is 12.1 Å². The molecule has 0 bridgehead atoms. The smallest absolute Gasteiger partial charge is 0.192 e. The molecule has 13 heavy (non-hydrogen) atoms. The number of carbonyl (C=O) groups excluding carboxylic acids is 1. The Balaban J connectivity index is 2.86. The maximum atomic E-state index is 11.5. The van der Waals surface area contributed by atoms with E-state index in [2.05, 4.69) is 16.9 Å². The first-order valence-electron chi connectivity index (χ1n) is 4.08. The molecule has 0 aromatic carbocycles. The van der Waals surface area contributed by atoms with E-state index in [-0.39, 0.29) is 12.2 Å². The summed E-state index contributed by atoms with van der Waals surface area (Å²) < 4.78 is 1.59. The van der Waals surface area contributed by atoms with Crippen LogP contribution in [0, 0.1) is 18.8 Å². The fourth-order valence-electron chi connectivity index (χ4n) is 1.13. The van der Waals surface area contributed by atoms with Crippen LogP contribution in [0.3, 0.4) is 0 Å². The Bertz CT molecular complexity index is 379. The summed E-state index contributed by atoms with van der Waals surface area (Å²) in [4.78, 5) is 11.5. The summed E-state index contributed by atoms with van der Waals surface area (Å²) in [7, 11) is 1.76. The van der Waals surface area contributed by atoms with Gasteiger partial charge in [0.15, 0.2) is 5.78 Å². The minimum Gasteiger partial charge on any atom is -0.291 e. The highest BCUT2D eigenvalue weighted by Crippen LogP contribution is 2.04. The second kappa shape index (κ2) is 3.90. The number of hydrogen-bond donors (Lipinski definition) is 0. The highest BCUT2D eigenvalue weighted by molar-refractivity contribution is 5.96. The molecule has 3 heteroatoms. The fourth-order valence-corrected chi connectivity index (χ4v) is 1.13. The minimum atomic E-state index is 0.0254. The number of hydrogen-bond acceptors (Lipinski definition) is 2. The second-order valence-electron chi connectivity index (χ2n) is 2.82. The van der Waals surface area contributed by atoms with Crippen molar-refractivity contribution in [2.45, 2.75) is 20.3 Å². The van der Waals surface area contributed by atoms with Gasteiger partial charge in [-0.15, -0.1) is 5.92 Å². The molecule has 0 aliphatic rings. The number of nitrogens with zero attached hydrogens (tertiary/aromatic N) is 2. The van der Waals surface area contributed by atoms with Gasteiger partial charge in [-0.2, -0.15) is 5.10 Å². The molecule has 0 N–H and O–H groups in total. The summed E-state index contributed by atoms with van der Waals surface area (Å²) >= 11 is 0. The predicted octanol–water partition coefficient (Wildman–Crippen LogP) is 1.32. The molecule has 1 heterocycles. The van der Waals surface area contributed by atoms with Gasteiger partial charge < -0.3 is 0 Å². The van der Waals surface area contributed by atoms with Crippen molar-refractivity contribution in [3.8, 4) is 11.8 Å². The molecule has 0 spiro atoms. The average Bonchev–Trinajstić information content (AvgIpc) is 2.41. The van der Waals surface area contributed by atoms with E-state index in [4.69, 9.17) is 0 Å². The van der Waals surface area contributed by atoms with E-state index >= 15 is 0 Å². The van der Waals surface area contributed by atoms with Crippen molar-refractivity contribution in [1.29, 1.82) is 0 Å². The van der Waals surface area contributed by atoms with Gasteiger partial charge >= 0.3 is 0 Å². The summed E-state index contributed by atoms with van der Waals surface area (Å²) in [6.45, 7) is 3.59. The van der Waals surface area contributed by atoms with Gasteiger partial charge in [-0.05, 0) is 19.9 Å². The Morgan fingerprint density at radius 3 is 2.85 bits per heavy atom. The molecular formula is C10H12N2O. The maximum absolute atomic E-state index is 11.5. The monoisotopic (exact) mass is 176 g/mol. The van der Waals surface area contributed by atoms with Gasteiger partial charge in [-0.25, -0.2) is 0 Å². The molecule has 3 nitrogen and oxygen atoms in total. The summed E-state index contributed by atoms with van der Waals surface area (Å²) in [6, 6.07) is 1.78. The normalized spacial score (nSPS) is 9.15. The van der Waals surface area contributed by atoms with Crippen LogP contribution in [0.5, 0.6) is 0 Å². The molecule has 0 atom stereocenters. The van der Waals surface area contributed by atoms with Crippen LogP contribution >= 0.6 is 0 Å². The molecule has 0 fully saturated rings. The van der Waals surface area contributed by atoms with Gasteiger partial charge in [0.25, 0.3) is 0 Å². The lowest BCUT2D eigenvalue weighted by atomic mass is 10.2. The molecule has 0 aliphatic heterocycles. The van der Waals surface area contributed by atoms with E-state index in [0.717, 1.165) is 5.69 Å². The highest BCUT2D eigenvalue weighted by Gasteiger charge is 2.09. The van der Waals surface area contributed by atoms with Gasteiger partial charge in [0.2, 0.25) is 0 Å². The van der Waals surface area contributed by atoms with Crippen LogP contribution in [0.4, 0.5) is 0 Å². The lowest BCUT2D eigenvalue weighted by Gasteiger charge is -1.95. The second-order valence-corrected chi connectivity index (χ2v) is 2.82. The quantitative estimate of drug-likeness (QED) is 0.503. The fraction of sp³-hybridized carbons (Fsp3) is 0.400. The van der Waals surface area contributed by atoms with Crippen molar-refractivity contribution < 1.29 is 4.79 Å². The largest absolute Gasteiger partial charge is 0.291 e. The van der Waals surface area contributed by atoms with Crippen LogP contribution in [0.15, 0.2) is 6.07 Å². The first-order valence-corrected chi connectivity index (χ1v) is 4.08. The van der Waals surface area contributed by atoms with Crippen LogP contribution in [-0.2, 0) is 7.05 Å². The molecule has 0 aliphatic carbocycles. The van der Waals surface area contributed by atoms with Crippen LogP contribution in [0.1, 0.15) is 29.5 Å². The Kier molecular flexibility index (Phi) is 2.86. The Hall–Kier alpha value is -1.56. The Morgan fingerprint density at radius 2 is 2.38 bits per heavy atom. The third-order valence-electron chi connectivity index (χ3n) is 1.71. The minimum absolute atomic E-state index is 0.0254. The predicted molar refractivity (Wildman–Crippen MR) is 50.3 cm³/mol. The van der Waals surface area contributed by atoms with Crippen molar-refractivity contribution in [3.05, 3.63) is 17.5 Å². The third kappa shape index (κ3) is 2.19. The number of rotatable bonds is 2. The molecular weight excluding hydrogens is 164 g/mol. The van der Waals surface area contributed by atoms with E-state index in [9.17, 15) is 4.79 Å². The number of Topliss-reactive ketones (excluding diaryl/α,β-unsaturated/α-hetero) is 1. The highest BCUT2D eigenvalue weighted by atomic mass is 16.1. The van der Waals surface area contributed by atoms with Crippen LogP contribution in [-0.4, -0.2) is 15.6 Å². The number of aromatic nitrogens is 2. The zero-order valence-electron chi connectivity index (χ0n) is 8.09. The van der Waals surface area contributed by atoms with E-state index in [1.807, 2.05) is 6.92 Å². The first-order chi connectivity index (χ1) is 6.15. The average molecular weight is 176 g/mol. The van der Waals surface area contributed by atoms with E-state index in [0.29, 0.717) is 5.69 Å². The number of ketones is 1. The van der Waals surface area contributed by atoms with Gasteiger partial charge in [0, 0.05) is 7.05 Å². The molecule has 0 amide bonds. The van der Waals surface area contributed by atoms with Crippen molar-refractivity contribution in [1.82, 2.24) is 9.78 Å². The first kappa shape index (κ1) is 9.53.